The molecule has 3 rings (SSSR count). The van der Waals surface area contributed by atoms with Crippen molar-refractivity contribution < 1.29 is 19.0 Å². The molecule has 0 bridgehead atoms. The lowest BCUT2D eigenvalue weighted by Crippen LogP contribution is -2.15. The van der Waals surface area contributed by atoms with E-state index < -0.39 is 0 Å². The number of anilines is 1. The summed E-state index contributed by atoms with van der Waals surface area (Å²) in [6.45, 7) is 1.37. The molecule has 5 nitrogen and oxygen atoms in total. The average Bonchev–Trinajstić information content (AvgIpc) is 2.76. The topological polar surface area (TPSA) is 56.8 Å². The predicted molar refractivity (Wildman–Crippen MR) is 122 cm³/mol. The molecule has 6 heteroatoms. The standard InChI is InChI=1S/C24H24BrNO4/c1-28-14-15-30-23-11-10-19(25)16-22(23)24(27)26-20-8-5-9-21(17-20)29-13-12-18-6-3-2-4-7-18/h2-11,16-17H,12-15H2,1H3,(H,26,27). The second kappa shape index (κ2) is 11.4. The first-order valence-corrected chi connectivity index (χ1v) is 10.4. The maximum atomic E-state index is 12.8. The minimum atomic E-state index is -0.259. The number of benzene rings is 3. The first-order chi connectivity index (χ1) is 14.7. The van der Waals surface area contributed by atoms with Crippen molar-refractivity contribution in [3.63, 3.8) is 0 Å². The van der Waals surface area contributed by atoms with Crippen LogP contribution in [0.15, 0.2) is 77.3 Å². The van der Waals surface area contributed by atoms with Crippen LogP contribution in [0, 0.1) is 0 Å². The normalized spacial score (nSPS) is 10.5. The van der Waals surface area contributed by atoms with E-state index in [1.54, 1.807) is 19.2 Å². The Balaban J connectivity index is 1.62. The highest BCUT2D eigenvalue weighted by Gasteiger charge is 2.14. The molecule has 30 heavy (non-hydrogen) atoms. The molecule has 0 saturated heterocycles. The number of amides is 1. The van der Waals surface area contributed by atoms with Crippen molar-refractivity contribution in [3.05, 3.63) is 88.4 Å². The van der Waals surface area contributed by atoms with Gasteiger partial charge in [-0.3, -0.25) is 4.79 Å². The fraction of sp³-hybridized carbons (Fsp3) is 0.208. The summed E-state index contributed by atoms with van der Waals surface area (Å²) in [7, 11) is 1.60. The van der Waals surface area contributed by atoms with Gasteiger partial charge in [0.05, 0.1) is 18.8 Å². The van der Waals surface area contributed by atoms with E-state index in [2.05, 4.69) is 33.4 Å². The lowest BCUT2D eigenvalue weighted by molar-refractivity contribution is 0.101. The third-order valence-electron chi connectivity index (χ3n) is 4.33. The van der Waals surface area contributed by atoms with Gasteiger partial charge in [0.15, 0.2) is 0 Å². The number of carbonyl (C=O) groups is 1. The fourth-order valence-electron chi connectivity index (χ4n) is 2.83. The molecule has 0 aromatic heterocycles. The summed E-state index contributed by atoms with van der Waals surface area (Å²) in [4.78, 5) is 12.8. The Morgan fingerprint density at radius 2 is 1.73 bits per heavy atom. The first kappa shape index (κ1) is 21.9. The van der Waals surface area contributed by atoms with Gasteiger partial charge < -0.3 is 19.5 Å². The molecule has 0 atom stereocenters. The second-order valence-electron chi connectivity index (χ2n) is 6.55. The number of rotatable bonds is 10. The Morgan fingerprint density at radius 3 is 2.53 bits per heavy atom. The van der Waals surface area contributed by atoms with Gasteiger partial charge in [-0.05, 0) is 35.9 Å². The molecular weight excluding hydrogens is 446 g/mol. The summed E-state index contributed by atoms with van der Waals surface area (Å²) in [5.74, 6) is 0.947. The van der Waals surface area contributed by atoms with Crippen molar-refractivity contribution in [3.8, 4) is 11.5 Å². The van der Waals surface area contributed by atoms with Crippen LogP contribution in [0.2, 0.25) is 0 Å². The van der Waals surface area contributed by atoms with Crippen LogP contribution in [-0.2, 0) is 11.2 Å². The van der Waals surface area contributed by atoms with E-state index in [4.69, 9.17) is 14.2 Å². The van der Waals surface area contributed by atoms with Gasteiger partial charge in [-0.1, -0.05) is 52.3 Å². The number of halogens is 1. The Labute approximate surface area is 185 Å². The number of hydrogen-bond acceptors (Lipinski definition) is 4. The predicted octanol–water partition coefficient (Wildman–Crippen LogP) is 5.35. The van der Waals surface area contributed by atoms with Gasteiger partial charge in [0, 0.05) is 29.8 Å². The third kappa shape index (κ3) is 6.61. The molecular formula is C24H24BrNO4. The molecule has 0 saturated carbocycles. The maximum Gasteiger partial charge on any atom is 0.259 e. The van der Waals surface area contributed by atoms with Crippen LogP contribution >= 0.6 is 15.9 Å². The zero-order chi connectivity index (χ0) is 21.2. The van der Waals surface area contributed by atoms with E-state index in [-0.39, 0.29) is 5.91 Å². The van der Waals surface area contributed by atoms with Crippen molar-refractivity contribution in [1.82, 2.24) is 0 Å². The molecule has 0 unspecified atom stereocenters. The summed E-state index contributed by atoms with van der Waals surface area (Å²) in [6, 6.07) is 22.9. The molecule has 1 amide bonds. The van der Waals surface area contributed by atoms with Crippen LogP contribution in [0.3, 0.4) is 0 Å². The molecule has 0 radical (unpaired) electrons. The number of ether oxygens (including phenoxy) is 3. The van der Waals surface area contributed by atoms with Crippen molar-refractivity contribution >= 4 is 27.5 Å². The molecule has 0 aliphatic heterocycles. The SMILES string of the molecule is COCCOc1ccc(Br)cc1C(=O)Nc1cccc(OCCc2ccccc2)c1. The monoisotopic (exact) mass is 469 g/mol. The van der Waals surface area contributed by atoms with E-state index in [1.165, 1.54) is 5.56 Å². The first-order valence-electron chi connectivity index (χ1n) is 9.65. The van der Waals surface area contributed by atoms with E-state index in [0.717, 1.165) is 10.9 Å². The average molecular weight is 470 g/mol. The maximum absolute atomic E-state index is 12.8. The van der Waals surface area contributed by atoms with Crippen LogP contribution < -0.4 is 14.8 Å². The fourth-order valence-corrected chi connectivity index (χ4v) is 3.20. The molecule has 3 aromatic rings. The smallest absolute Gasteiger partial charge is 0.259 e. The molecule has 3 aromatic carbocycles. The number of carbonyl (C=O) groups excluding carboxylic acids is 1. The van der Waals surface area contributed by atoms with E-state index in [1.807, 2.05) is 48.5 Å². The van der Waals surface area contributed by atoms with Crippen LogP contribution in [-0.4, -0.2) is 32.8 Å². The van der Waals surface area contributed by atoms with Crippen molar-refractivity contribution in [2.45, 2.75) is 6.42 Å². The van der Waals surface area contributed by atoms with Gasteiger partial charge in [0.1, 0.15) is 18.1 Å². The number of hydrogen-bond donors (Lipinski definition) is 1. The molecule has 156 valence electrons. The van der Waals surface area contributed by atoms with Gasteiger partial charge in [0.2, 0.25) is 0 Å². The van der Waals surface area contributed by atoms with Crippen LogP contribution in [0.4, 0.5) is 5.69 Å². The van der Waals surface area contributed by atoms with Gasteiger partial charge in [-0.15, -0.1) is 0 Å². The Bertz CT molecular complexity index is 962. The summed E-state index contributed by atoms with van der Waals surface area (Å²) in [6.07, 6.45) is 0.817. The minimum Gasteiger partial charge on any atom is -0.493 e. The van der Waals surface area contributed by atoms with Gasteiger partial charge in [0.25, 0.3) is 5.91 Å². The van der Waals surface area contributed by atoms with E-state index in [0.29, 0.717) is 42.6 Å². The summed E-state index contributed by atoms with van der Waals surface area (Å²) in [5, 5.41) is 2.91. The summed E-state index contributed by atoms with van der Waals surface area (Å²) in [5.41, 5.74) is 2.31. The van der Waals surface area contributed by atoms with Crippen LogP contribution in [0.5, 0.6) is 11.5 Å². The summed E-state index contributed by atoms with van der Waals surface area (Å²) < 4.78 is 17.3. The van der Waals surface area contributed by atoms with Crippen molar-refractivity contribution in [1.29, 1.82) is 0 Å². The van der Waals surface area contributed by atoms with E-state index >= 15 is 0 Å². The van der Waals surface area contributed by atoms with Gasteiger partial charge >= 0.3 is 0 Å². The molecule has 0 heterocycles. The molecule has 0 aliphatic rings. The Hall–Kier alpha value is -2.83. The van der Waals surface area contributed by atoms with Crippen LogP contribution in [0.1, 0.15) is 15.9 Å². The highest BCUT2D eigenvalue weighted by atomic mass is 79.9. The van der Waals surface area contributed by atoms with Crippen molar-refractivity contribution in [2.75, 3.05) is 32.2 Å². The highest BCUT2D eigenvalue weighted by Crippen LogP contribution is 2.25. The molecule has 0 spiro atoms. The number of nitrogens with one attached hydrogen (secondary N) is 1. The lowest BCUT2D eigenvalue weighted by atomic mass is 10.1. The van der Waals surface area contributed by atoms with Gasteiger partial charge in [-0.25, -0.2) is 0 Å². The highest BCUT2D eigenvalue weighted by molar-refractivity contribution is 9.10. The Kier molecular flexibility index (Phi) is 8.30. The quantitative estimate of drug-likeness (QED) is 0.406. The molecule has 0 aliphatic carbocycles. The number of methoxy groups -OCH3 is 1. The van der Waals surface area contributed by atoms with Crippen LogP contribution in [0.25, 0.3) is 0 Å². The minimum absolute atomic E-state index is 0.259. The molecule has 1 N–H and O–H groups in total. The largest absolute Gasteiger partial charge is 0.493 e. The van der Waals surface area contributed by atoms with E-state index in [9.17, 15) is 4.79 Å². The lowest BCUT2D eigenvalue weighted by Gasteiger charge is -2.13. The van der Waals surface area contributed by atoms with Gasteiger partial charge in [-0.2, -0.15) is 0 Å². The Morgan fingerprint density at radius 1 is 0.900 bits per heavy atom. The third-order valence-corrected chi connectivity index (χ3v) is 4.82. The summed E-state index contributed by atoms with van der Waals surface area (Å²) >= 11 is 3.41. The second-order valence-corrected chi connectivity index (χ2v) is 7.46. The zero-order valence-electron chi connectivity index (χ0n) is 16.8. The van der Waals surface area contributed by atoms with Crippen molar-refractivity contribution in [2.24, 2.45) is 0 Å². The zero-order valence-corrected chi connectivity index (χ0v) is 18.4. The molecule has 0 fully saturated rings.